The standard InChI is InChI=1S/C17H16Cl2N2O4/c1-10(16(22)23)9-25-12-7-5-11(6-8-12)21(17(20)24)14-4-2-3-13(18)15(14)19/h2-8,10H,9H2,1H3,(H2,20,24)(H,22,23). The highest BCUT2D eigenvalue weighted by Gasteiger charge is 2.19. The molecule has 0 aliphatic heterocycles. The summed E-state index contributed by atoms with van der Waals surface area (Å²) in [5.41, 5.74) is 6.30. The predicted octanol–water partition coefficient (Wildman–Crippen LogP) is 4.31. The van der Waals surface area contributed by atoms with Gasteiger partial charge in [-0.15, -0.1) is 0 Å². The largest absolute Gasteiger partial charge is 0.493 e. The van der Waals surface area contributed by atoms with E-state index in [0.29, 0.717) is 22.1 Å². The number of hydrogen-bond donors (Lipinski definition) is 2. The van der Waals surface area contributed by atoms with Crippen molar-refractivity contribution >= 4 is 46.6 Å². The highest BCUT2D eigenvalue weighted by atomic mass is 35.5. The third kappa shape index (κ3) is 4.55. The lowest BCUT2D eigenvalue weighted by Crippen LogP contribution is -2.31. The SMILES string of the molecule is CC(COc1ccc(N(C(N)=O)c2cccc(Cl)c2Cl)cc1)C(=O)O. The van der Waals surface area contributed by atoms with E-state index in [4.69, 9.17) is 38.8 Å². The van der Waals surface area contributed by atoms with Crippen LogP contribution in [0.25, 0.3) is 0 Å². The number of nitrogens with zero attached hydrogens (tertiary/aromatic N) is 1. The van der Waals surface area contributed by atoms with Crippen molar-refractivity contribution in [1.82, 2.24) is 0 Å². The van der Waals surface area contributed by atoms with Crippen LogP contribution in [-0.4, -0.2) is 23.7 Å². The van der Waals surface area contributed by atoms with Gasteiger partial charge in [-0.3, -0.25) is 9.69 Å². The number of rotatable bonds is 6. The molecule has 1 atom stereocenters. The molecule has 6 nitrogen and oxygen atoms in total. The average molecular weight is 383 g/mol. The summed E-state index contributed by atoms with van der Waals surface area (Å²) in [5.74, 6) is -1.10. The quantitative estimate of drug-likeness (QED) is 0.778. The van der Waals surface area contributed by atoms with Gasteiger partial charge in [0.15, 0.2) is 0 Å². The third-order valence-corrected chi connectivity index (χ3v) is 4.22. The van der Waals surface area contributed by atoms with Gasteiger partial charge in [0.05, 0.1) is 27.3 Å². The lowest BCUT2D eigenvalue weighted by molar-refractivity contribution is -0.142. The maximum atomic E-state index is 11.9. The Morgan fingerprint density at radius 2 is 1.84 bits per heavy atom. The number of carbonyl (C=O) groups is 2. The molecule has 2 amide bonds. The molecule has 0 spiro atoms. The number of aliphatic carboxylic acids is 1. The minimum Gasteiger partial charge on any atom is -0.493 e. The summed E-state index contributed by atoms with van der Waals surface area (Å²) < 4.78 is 5.41. The molecule has 0 fully saturated rings. The van der Waals surface area contributed by atoms with Crippen molar-refractivity contribution in [1.29, 1.82) is 0 Å². The smallest absolute Gasteiger partial charge is 0.323 e. The Morgan fingerprint density at radius 3 is 2.40 bits per heavy atom. The molecule has 2 aromatic carbocycles. The molecule has 8 heteroatoms. The van der Waals surface area contributed by atoms with Gasteiger partial charge in [-0.05, 0) is 43.3 Å². The van der Waals surface area contributed by atoms with Crippen LogP contribution >= 0.6 is 23.2 Å². The summed E-state index contributed by atoms with van der Waals surface area (Å²) in [4.78, 5) is 23.9. The first-order chi connectivity index (χ1) is 11.8. The number of ether oxygens (including phenoxy) is 1. The molecule has 0 saturated carbocycles. The number of halogens is 2. The maximum Gasteiger partial charge on any atom is 0.323 e. The molecule has 0 saturated heterocycles. The molecule has 2 rings (SSSR count). The number of carbonyl (C=O) groups excluding carboxylic acids is 1. The Morgan fingerprint density at radius 1 is 1.20 bits per heavy atom. The molecule has 2 aromatic rings. The van der Waals surface area contributed by atoms with Gasteiger partial charge in [-0.2, -0.15) is 0 Å². The van der Waals surface area contributed by atoms with Gasteiger partial charge in [0.2, 0.25) is 0 Å². The van der Waals surface area contributed by atoms with E-state index in [2.05, 4.69) is 0 Å². The van der Waals surface area contributed by atoms with Crippen molar-refractivity contribution in [2.24, 2.45) is 11.7 Å². The van der Waals surface area contributed by atoms with Crippen molar-refractivity contribution in [3.05, 3.63) is 52.5 Å². The number of primary amides is 1. The molecule has 3 N–H and O–H groups in total. The molecule has 1 unspecified atom stereocenters. The molecule has 0 aliphatic rings. The predicted molar refractivity (Wildman–Crippen MR) is 96.9 cm³/mol. The molecule has 0 radical (unpaired) electrons. The van der Waals surface area contributed by atoms with Crippen molar-refractivity contribution in [2.75, 3.05) is 11.5 Å². The van der Waals surface area contributed by atoms with E-state index < -0.39 is 17.9 Å². The fraction of sp³-hybridized carbons (Fsp3) is 0.176. The molecular weight excluding hydrogens is 367 g/mol. The Hall–Kier alpha value is -2.44. The third-order valence-electron chi connectivity index (χ3n) is 3.41. The minimum atomic E-state index is -0.938. The first-order valence-electron chi connectivity index (χ1n) is 7.30. The highest BCUT2D eigenvalue weighted by Crippen LogP contribution is 2.36. The summed E-state index contributed by atoms with van der Waals surface area (Å²) in [6, 6.07) is 10.6. The molecule has 0 bridgehead atoms. The van der Waals surface area contributed by atoms with Crippen molar-refractivity contribution < 1.29 is 19.4 Å². The Bertz CT molecular complexity index is 781. The first kappa shape index (κ1) is 18.9. The van der Waals surface area contributed by atoms with Crippen LogP contribution in [0.2, 0.25) is 10.0 Å². The number of amides is 2. The average Bonchev–Trinajstić information content (AvgIpc) is 2.57. The van der Waals surface area contributed by atoms with Gasteiger partial charge in [0, 0.05) is 0 Å². The summed E-state index contributed by atoms with van der Waals surface area (Å²) >= 11 is 12.2. The summed E-state index contributed by atoms with van der Waals surface area (Å²) in [7, 11) is 0. The second-order valence-corrected chi connectivity index (χ2v) is 6.08. The van der Waals surface area contributed by atoms with Crippen molar-refractivity contribution in [3.63, 3.8) is 0 Å². The van der Waals surface area contributed by atoms with E-state index >= 15 is 0 Å². The molecule has 25 heavy (non-hydrogen) atoms. The van der Waals surface area contributed by atoms with E-state index in [1.54, 1.807) is 49.4 Å². The molecule has 0 heterocycles. The second-order valence-electron chi connectivity index (χ2n) is 5.29. The van der Waals surface area contributed by atoms with Gasteiger partial charge < -0.3 is 15.6 Å². The number of urea groups is 1. The van der Waals surface area contributed by atoms with Crippen LogP contribution in [0, 0.1) is 5.92 Å². The molecule has 0 aromatic heterocycles. The van der Waals surface area contributed by atoms with Crippen LogP contribution in [0.5, 0.6) is 5.75 Å². The molecule has 132 valence electrons. The van der Waals surface area contributed by atoms with Gasteiger partial charge in [0.1, 0.15) is 12.4 Å². The summed E-state index contributed by atoms with van der Waals surface area (Å²) in [5, 5.41) is 9.36. The van der Waals surface area contributed by atoms with Crippen LogP contribution < -0.4 is 15.4 Å². The van der Waals surface area contributed by atoms with E-state index in [9.17, 15) is 9.59 Å². The van der Waals surface area contributed by atoms with E-state index in [-0.39, 0.29) is 11.6 Å². The molecular formula is C17H16Cl2N2O4. The Kier molecular flexibility index (Phi) is 6.12. The first-order valence-corrected chi connectivity index (χ1v) is 8.06. The topological polar surface area (TPSA) is 92.9 Å². The number of benzene rings is 2. The zero-order chi connectivity index (χ0) is 18.6. The number of carboxylic acid groups (broad SMARTS) is 1. The highest BCUT2D eigenvalue weighted by molar-refractivity contribution is 6.44. The van der Waals surface area contributed by atoms with Crippen LogP contribution in [0.3, 0.4) is 0 Å². The number of carboxylic acids is 1. The number of anilines is 2. The van der Waals surface area contributed by atoms with E-state index in [1.165, 1.54) is 4.90 Å². The summed E-state index contributed by atoms with van der Waals surface area (Å²) in [6.07, 6.45) is 0. The van der Waals surface area contributed by atoms with Gasteiger partial charge in [-0.1, -0.05) is 29.3 Å². The zero-order valence-electron chi connectivity index (χ0n) is 13.3. The fourth-order valence-corrected chi connectivity index (χ4v) is 2.41. The Balaban J connectivity index is 2.24. The van der Waals surface area contributed by atoms with E-state index in [0.717, 1.165) is 0 Å². The zero-order valence-corrected chi connectivity index (χ0v) is 14.8. The lowest BCUT2D eigenvalue weighted by atomic mass is 10.2. The van der Waals surface area contributed by atoms with E-state index in [1.807, 2.05) is 0 Å². The normalized spacial score (nSPS) is 11.6. The second kappa shape index (κ2) is 8.09. The van der Waals surface area contributed by atoms with Gasteiger partial charge in [0.25, 0.3) is 0 Å². The number of nitrogens with two attached hydrogens (primary N) is 1. The fourth-order valence-electron chi connectivity index (χ4n) is 2.03. The lowest BCUT2D eigenvalue weighted by Gasteiger charge is -2.22. The maximum absolute atomic E-state index is 11.9. The van der Waals surface area contributed by atoms with Crippen LogP contribution in [0.1, 0.15) is 6.92 Å². The minimum absolute atomic E-state index is 0.0360. The monoisotopic (exact) mass is 382 g/mol. The van der Waals surface area contributed by atoms with Crippen LogP contribution in [-0.2, 0) is 4.79 Å². The van der Waals surface area contributed by atoms with Crippen molar-refractivity contribution in [2.45, 2.75) is 6.92 Å². The van der Waals surface area contributed by atoms with Crippen LogP contribution in [0.15, 0.2) is 42.5 Å². The summed E-state index contributed by atoms with van der Waals surface area (Å²) in [6.45, 7) is 1.58. The van der Waals surface area contributed by atoms with Gasteiger partial charge in [-0.25, -0.2) is 4.79 Å². The van der Waals surface area contributed by atoms with Gasteiger partial charge >= 0.3 is 12.0 Å². The molecule has 0 aliphatic carbocycles. The Labute approximate surface area is 154 Å². The van der Waals surface area contributed by atoms with Crippen LogP contribution in [0.4, 0.5) is 16.2 Å². The number of hydrogen-bond acceptors (Lipinski definition) is 3. The van der Waals surface area contributed by atoms with Crippen molar-refractivity contribution in [3.8, 4) is 5.75 Å².